The molecule has 4 heteroatoms. The fourth-order valence-electron chi connectivity index (χ4n) is 1.42. The summed E-state index contributed by atoms with van der Waals surface area (Å²) in [5.41, 5.74) is 6.03. The van der Waals surface area contributed by atoms with Gasteiger partial charge in [0.2, 0.25) is 0 Å². The molecular formula is C11H14FNO2. The SMILES string of the molecule is COc1c(C(=O)CCN)ccc(F)c1C. The van der Waals surface area contributed by atoms with Crippen LogP contribution in [0.2, 0.25) is 0 Å². The number of carbonyl (C=O) groups excluding carboxylic acids is 1. The van der Waals surface area contributed by atoms with Gasteiger partial charge in [0.15, 0.2) is 5.78 Å². The van der Waals surface area contributed by atoms with Gasteiger partial charge in [-0.3, -0.25) is 4.79 Å². The van der Waals surface area contributed by atoms with Gasteiger partial charge in [0, 0.05) is 12.0 Å². The van der Waals surface area contributed by atoms with Crippen LogP contribution in [0.1, 0.15) is 22.3 Å². The summed E-state index contributed by atoms with van der Waals surface area (Å²) in [6.45, 7) is 1.85. The van der Waals surface area contributed by atoms with Gasteiger partial charge in [-0.2, -0.15) is 0 Å². The minimum Gasteiger partial charge on any atom is -0.496 e. The number of ether oxygens (including phenoxy) is 1. The normalized spacial score (nSPS) is 10.1. The van der Waals surface area contributed by atoms with Crippen molar-refractivity contribution in [3.8, 4) is 5.75 Å². The molecule has 15 heavy (non-hydrogen) atoms. The molecule has 0 amide bonds. The van der Waals surface area contributed by atoms with E-state index >= 15 is 0 Å². The van der Waals surface area contributed by atoms with Crippen LogP contribution < -0.4 is 10.5 Å². The Morgan fingerprint density at radius 3 is 2.73 bits per heavy atom. The van der Waals surface area contributed by atoms with Crippen molar-refractivity contribution in [2.45, 2.75) is 13.3 Å². The van der Waals surface area contributed by atoms with E-state index in [0.29, 0.717) is 16.9 Å². The van der Waals surface area contributed by atoms with E-state index in [0.717, 1.165) is 0 Å². The van der Waals surface area contributed by atoms with Crippen molar-refractivity contribution in [3.63, 3.8) is 0 Å². The van der Waals surface area contributed by atoms with Crippen LogP contribution in [0.15, 0.2) is 12.1 Å². The second-order valence-corrected chi connectivity index (χ2v) is 3.22. The molecule has 0 atom stereocenters. The van der Waals surface area contributed by atoms with Crippen LogP contribution in [0.3, 0.4) is 0 Å². The fraction of sp³-hybridized carbons (Fsp3) is 0.364. The maximum atomic E-state index is 13.2. The molecule has 0 radical (unpaired) electrons. The van der Waals surface area contributed by atoms with Crippen molar-refractivity contribution < 1.29 is 13.9 Å². The first-order valence-corrected chi connectivity index (χ1v) is 4.68. The Bertz CT molecular complexity index is 377. The minimum atomic E-state index is -0.379. The lowest BCUT2D eigenvalue weighted by atomic mass is 10.0. The topological polar surface area (TPSA) is 52.3 Å². The summed E-state index contributed by atoms with van der Waals surface area (Å²) in [4.78, 5) is 11.6. The van der Waals surface area contributed by atoms with Gasteiger partial charge in [-0.15, -0.1) is 0 Å². The largest absolute Gasteiger partial charge is 0.496 e. The third-order valence-electron chi connectivity index (χ3n) is 2.22. The lowest BCUT2D eigenvalue weighted by molar-refractivity contribution is 0.0982. The fourth-order valence-corrected chi connectivity index (χ4v) is 1.42. The van der Waals surface area contributed by atoms with Crippen LogP contribution in [0.4, 0.5) is 4.39 Å². The number of methoxy groups -OCH3 is 1. The van der Waals surface area contributed by atoms with Crippen LogP contribution in [0.5, 0.6) is 5.75 Å². The first kappa shape index (κ1) is 11.7. The van der Waals surface area contributed by atoms with Crippen molar-refractivity contribution in [2.75, 3.05) is 13.7 Å². The van der Waals surface area contributed by atoms with Crippen LogP contribution in [0, 0.1) is 12.7 Å². The van der Waals surface area contributed by atoms with Gasteiger partial charge < -0.3 is 10.5 Å². The highest BCUT2D eigenvalue weighted by atomic mass is 19.1. The Morgan fingerprint density at radius 2 is 2.20 bits per heavy atom. The zero-order chi connectivity index (χ0) is 11.4. The molecule has 1 rings (SSSR count). The average molecular weight is 211 g/mol. The molecule has 1 aromatic rings. The number of hydrogen-bond acceptors (Lipinski definition) is 3. The number of ketones is 1. The molecule has 0 aliphatic carbocycles. The molecule has 0 heterocycles. The summed E-state index contributed by atoms with van der Waals surface area (Å²) < 4.78 is 18.2. The molecule has 82 valence electrons. The quantitative estimate of drug-likeness (QED) is 0.771. The molecule has 0 spiro atoms. The number of rotatable bonds is 4. The summed E-state index contributed by atoms with van der Waals surface area (Å²) >= 11 is 0. The maximum absolute atomic E-state index is 13.2. The highest BCUT2D eigenvalue weighted by Crippen LogP contribution is 2.26. The Balaban J connectivity index is 3.18. The van der Waals surface area contributed by atoms with E-state index < -0.39 is 0 Å². The molecule has 0 aromatic heterocycles. The number of carbonyl (C=O) groups is 1. The van der Waals surface area contributed by atoms with E-state index in [1.54, 1.807) is 6.92 Å². The van der Waals surface area contributed by atoms with Crippen LogP contribution in [-0.2, 0) is 0 Å². The van der Waals surface area contributed by atoms with Gasteiger partial charge in [0.05, 0.1) is 12.7 Å². The van der Waals surface area contributed by atoms with Crippen molar-refractivity contribution in [1.82, 2.24) is 0 Å². The van der Waals surface area contributed by atoms with E-state index in [1.807, 2.05) is 0 Å². The number of halogens is 1. The summed E-state index contributed by atoms with van der Waals surface area (Å²) in [6, 6.07) is 2.70. The Kier molecular flexibility index (Phi) is 3.80. The van der Waals surface area contributed by atoms with Crippen molar-refractivity contribution in [2.24, 2.45) is 5.73 Å². The Hall–Kier alpha value is -1.42. The summed E-state index contributed by atoms with van der Waals surface area (Å²) in [5.74, 6) is -0.206. The van der Waals surface area contributed by atoms with Crippen LogP contribution >= 0.6 is 0 Å². The van der Waals surface area contributed by atoms with Crippen molar-refractivity contribution in [1.29, 1.82) is 0 Å². The third-order valence-corrected chi connectivity index (χ3v) is 2.22. The number of nitrogens with two attached hydrogens (primary N) is 1. The molecule has 0 bridgehead atoms. The Labute approximate surface area is 88.0 Å². The number of Topliss-reactive ketones (excluding diaryl/α,β-unsaturated/α-hetero) is 1. The van der Waals surface area contributed by atoms with Gasteiger partial charge >= 0.3 is 0 Å². The molecule has 1 aromatic carbocycles. The molecule has 0 aliphatic heterocycles. The summed E-state index contributed by atoms with van der Waals surface area (Å²) in [7, 11) is 1.42. The summed E-state index contributed by atoms with van der Waals surface area (Å²) in [5, 5.41) is 0. The van der Waals surface area contributed by atoms with E-state index in [9.17, 15) is 9.18 Å². The predicted molar refractivity (Wildman–Crippen MR) is 55.7 cm³/mol. The maximum Gasteiger partial charge on any atom is 0.167 e. The van der Waals surface area contributed by atoms with E-state index in [-0.39, 0.29) is 24.6 Å². The van der Waals surface area contributed by atoms with Gasteiger partial charge in [-0.1, -0.05) is 0 Å². The second-order valence-electron chi connectivity index (χ2n) is 3.22. The lowest BCUT2D eigenvalue weighted by Gasteiger charge is -2.10. The van der Waals surface area contributed by atoms with E-state index in [4.69, 9.17) is 10.5 Å². The third kappa shape index (κ3) is 2.33. The van der Waals surface area contributed by atoms with Crippen LogP contribution in [0.25, 0.3) is 0 Å². The smallest absolute Gasteiger partial charge is 0.167 e. The molecule has 0 fully saturated rings. The Morgan fingerprint density at radius 1 is 1.53 bits per heavy atom. The second kappa shape index (κ2) is 4.89. The molecule has 0 saturated carbocycles. The monoisotopic (exact) mass is 211 g/mol. The molecule has 2 N–H and O–H groups in total. The summed E-state index contributed by atoms with van der Waals surface area (Å²) in [6.07, 6.45) is 0.238. The van der Waals surface area contributed by atoms with Gasteiger partial charge in [-0.25, -0.2) is 4.39 Å². The van der Waals surface area contributed by atoms with Crippen LogP contribution in [-0.4, -0.2) is 19.4 Å². The van der Waals surface area contributed by atoms with Gasteiger partial charge in [0.25, 0.3) is 0 Å². The molecular weight excluding hydrogens is 197 g/mol. The van der Waals surface area contributed by atoms with Gasteiger partial charge in [0.1, 0.15) is 11.6 Å². The first-order chi connectivity index (χ1) is 7.11. The standard InChI is InChI=1S/C11H14FNO2/c1-7-9(12)4-3-8(11(7)15-2)10(14)5-6-13/h3-4H,5-6,13H2,1-2H3. The predicted octanol–water partition coefficient (Wildman–Crippen LogP) is 1.67. The highest BCUT2D eigenvalue weighted by molar-refractivity contribution is 5.99. The first-order valence-electron chi connectivity index (χ1n) is 4.68. The number of benzene rings is 1. The molecule has 0 saturated heterocycles. The van der Waals surface area contributed by atoms with E-state index in [2.05, 4.69) is 0 Å². The zero-order valence-corrected chi connectivity index (χ0v) is 8.84. The molecule has 0 unspecified atom stereocenters. The lowest BCUT2D eigenvalue weighted by Crippen LogP contribution is -2.10. The average Bonchev–Trinajstić information content (AvgIpc) is 2.22. The zero-order valence-electron chi connectivity index (χ0n) is 8.84. The minimum absolute atomic E-state index is 0.127. The highest BCUT2D eigenvalue weighted by Gasteiger charge is 2.15. The van der Waals surface area contributed by atoms with E-state index in [1.165, 1.54) is 19.2 Å². The molecule has 3 nitrogen and oxygen atoms in total. The van der Waals surface area contributed by atoms with Gasteiger partial charge in [-0.05, 0) is 25.6 Å². The molecule has 0 aliphatic rings. The van der Waals surface area contributed by atoms with Crippen molar-refractivity contribution >= 4 is 5.78 Å². The number of hydrogen-bond donors (Lipinski definition) is 1. The van der Waals surface area contributed by atoms with Crippen molar-refractivity contribution in [3.05, 3.63) is 29.1 Å².